The van der Waals surface area contributed by atoms with E-state index in [-0.39, 0.29) is 5.41 Å². The van der Waals surface area contributed by atoms with E-state index in [0.717, 1.165) is 22.6 Å². The lowest BCUT2D eigenvalue weighted by Gasteiger charge is -2.18. The molecule has 132 valence electrons. The average molecular weight is 344 g/mol. The number of rotatable bonds is 3. The summed E-state index contributed by atoms with van der Waals surface area (Å²) < 4.78 is 5.23. The Labute approximate surface area is 156 Å². The van der Waals surface area contributed by atoms with Crippen LogP contribution in [0.4, 0.5) is 5.69 Å². The van der Waals surface area contributed by atoms with Crippen LogP contribution in [0.2, 0.25) is 0 Å². The molecule has 0 fully saturated rings. The summed E-state index contributed by atoms with van der Waals surface area (Å²) in [5.74, 6) is 6.83. The van der Waals surface area contributed by atoms with E-state index in [4.69, 9.17) is 4.74 Å². The molecule has 1 N–H and O–H groups in total. The fraction of sp³-hybridized carbons (Fsp3) is 0.261. The molecule has 26 heavy (non-hydrogen) atoms. The van der Waals surface area contributed by atoms with Crippen molar-refractivity contribution >= 4 is 11.3 Å². The number of anilines is 1. The molecule has 0 bridgehead atoms. The monoisotopic (exact) mass is 344 g/mol. The number of allylic oxidation sites excluding steroid dienone is 2. The number of nitrogens with zero attached hydrogens (tertiary/aromatic N) is 1. The quantitative estimate of drug-likeness (QED) is 0.630. The Hall–Kier alpha value is -3.17. The molecule has 0 unspecified atom stereocenters. The van der Waals surface area contributed by atoms with Gasteiger partial charge in [-0.1, -0.05) is 44.7 Å². The summed E-state index contributed by atoms with van der Waals surface area (Å²) in [6.45, 7) is 6.55. The first-order valence-electron chi connectivity index (χ1n) is 8.47. The zero-order chi connectivity index (χ0) is 19.2. The van der Waals surface area contributed by atoms with Gasteiger partial charge < -0.3 is 10.1 Å². The summed E-state index contributed by atoms with van der Waals surface area (Å²) in [6, 6.07) is 16.0. The van der Waals surface area contributed by atoms with Gasteiger partial charge in [0.25, 0.3) is 0 Å². The third-order valence-corrected chi connectivity index (χ3v) is 4.09. The van der Waals surface area contributed by atoms with Gasteiger partial charge in [-0.3, -0.25) is 0 Å². The van der Waals surface area contributed by atoms with Crippen LogP contribution in [-0.2, 0) is 5.41 Å². The molecule has 0 atom stereocenters. The summed E-state index contributed by atoms with van der Waals surface area (Å²) in [6.07, 6.45) is 1.65. The molecule has 0 amide bonds. The Morgan fingerprint density at radius 3 is 2.35 bits per heavy atom. The number of benzene rings is 2. The van der Waals surface area contributed by atoms with Gasteiger partial charge in [0.1, 0.15) is 11.8 Å². The van der Waals surface area contributed by atoms with E-state index in [2.05, 4.69) is 56.1 Å². The van der Waals surface area contributed by atoms with Crippen LogP contribution in [0.25, 0.3) is 5.57 Å². The van der Waals surface area contributed by atoms with Gasteiger partial charge in [-0.25, -0.2) is 0 Å². The molecule has 2 aromatic carbocycles. The van der Waals surface area contributed by atoms with Gasteiger partial charge in [0.2, 0.25) is 0 Å². The molecule has 0 aliphatic heterocycles. The molecule has 0 heterocycles. The fourth-order valence-electron chi connectivity index (χ4n) is 2.51. The molecular formula is C23H24N2O. The molecule has 0 saturated carbocycles. The highest BCUT2D eigenvalue weighted by molar-refractivity contribution is 5.86. The van der Waals surface area contributed by atoms with Crippen molar-refractivity contribution in [3.8, 4) is 23.7 Å². The van der Waals surface area contributed by atoms with Crippen LogP contribution >= 0.6 is 0 Å². The molecule has 2 rings (SSSR count). The second kappa shape index (κ2) is 8.28. The number of hydrogen-bond acceptors (Lipinski definition) is 3. The van der Waals surface area contributed by atoms with Gasteiger partial charge >= 0.3 is 0 Å². The molecule has 0 aromatic heterocycles. The lowest BCUT2D eigenvalue weighted by molar-refractivity contribution is 0.415. The fourth-order valence-corrected chi connectivity index (χ4v) is 2.51. The molecule has 0 spiro atoms. The lowest BCUT2D eigenvalue weighted by atomic mass is 9.87. The SMILES string of the molecule is CNc1cc(OC)ccc1/C(C#N)=C/C#Cc1ccc(C(C)(C)C)cc1. The highest BCUT2D eigenvalue weighted by Gasteiger charge is 2.12. The zero-order valence-electron chi connectivity index (χ0n) is 16.0. The van der Waals surface area contributed by atoms with Crippen molar-refractivity contribution in [2.75, 3.05) is 19.5 Å². The standard InChI is InChI=1S/C23H24N2O/c1-23(2,3)19-11-9-17(10-12-19)7-6-8-18(16-24)21-14-13-20(26-5)15-22(21)25-4/h8-15,25H,1-5H3/b18-8+. The zero-order valence-corrected chi connectivity index (χ0v) is 16.0. The summed E-state index contributed by atoms with van der Waals surface area (Å²) in [5.41, 5.74) is 4.46. The average Bonchev–Trinajstić information content (AvgIpc) is 2.64. The van der Waals surface area contributed by atoms with E-state index in [0.29, 0.717) is 5.57 Å². The van der Waals surface area contributed by atoms with Crippen LogP contribution < -0.4 is 10.1 Å². The summed E-state index contributed by atoms with van der Waals surface area (Å²) in [4.78, 5) is 0. The van der Waals surface area contributed by atoms with Crippen molar-refractivity contribution in [3.63, 3.8) is 0 Å². The number of methoxy groups -OCH3 is 1. The Kier molecular flexibility index (Phi) is 6.10. The number of hydrogen-bond donors (Lipinski definition) is 1. The minimum absolute atomic E-state index is 0.123. The Morgan fingerprint density at radius 1 is 1.12 bits per heavy atom. The second-order valence-electron chi connectivity index (χ2n) is 6.93. The van der Waals surface area contributed by atoms with Crippen molar-refractivity contribution in [1.29, 1.82) is 5.26 Å². The number of ether oxygens (including phenoxy) is 1. The van der Waals surface area contributed by atoms with Gasteiger partial charge in [-0.05, 0) is 35.2 Å². The van der Waals surface area contributed by atoms with Crippen LogP contribution in [-0.4, -0.2) is 14.2 Å². The van der Waals surface area contributed by atoms with Gasteiger partial charge in [-0.15, -0.1) is 0 Å². The van der Waals surface area contributed by atoms with Gasteiger partial charge in [0.15, 0.2) is 0 Å². The van der Waals surface area contributed by atoms with Gasteiger partial charge in [0, 0.05) is 36.0 Å². The molecular weight excluding hydrogens is 320 g/mol. The first-order chi connectivity index (χ1) is 12.4. The molecule has 2 aromatic rings. The van der Waals surface area contributed by atoms with Crippen LogP contribution in [0.3, 0.4) is 0 Å². The van der Waals surface area contributed by atoms with Crippen molar-refractivity contribution < 1.29 is 4.74 Å². The summed E-state index contributed by atoms with van der Waals surface area (Å²) >= 11 is 0. The van der Waals surface area contributed by atoms with Crippen LogP contribution in [0, 0.1) is 23.2 Å². The Bertz CT molecular complexity index is 898. The maximum Gasteiger partial charge on any atom is 0.120 e. The van der Waals surface area contributed by atoms with Crippen molar-refractivity contribution in [1.82, 2.24) is 0 Å². The highest BCUT2D eigenvalue weighted by atomic mass is 16.5. The Morgan fingerprint density at radius 2 is 1.81 bits per heavy atom. The van der Waals surface area contributed by atoms with E-state index in [1.807, 2.05) is 37.4 Å². The lowest BCUT2D eigenvalue weighted by Crippen LogP contribution is -2.10. The molecule has 0 aliphatic carbocycles. The molecule has 3 heteroatoms. The maximum absolute atomic E-state index is 9.50. The van der Waals surface area contributed by atoms with Crippen LogP contribution in [0.5, 0.6) is 5.75 Å². The van der Waals surface area contributed by atoms with Crippen LogP contribution in [0.1, 0.15) is 37.5 Å². The Balaban J connectivity index is 2.29. The van der Waals surface area contributed by atoms with E-state index in [1.54, 1.807) is 13.2 Å². The van der Waals surface area contributed by atoms with Gasteiger partial charge in [0.05, 0.1) is 12.7 Å². The number of nitrogens with one attached hydrogen (secondary N) is 1. The van der Waals surface area contributed by atoms with Gasteiger partial charge in [-0.2, -0.15) is 5.26 Å². The minimum atomic E-state index is 0.123. The van der Waals surface area contributed by atoms with Crippen molar-refractivity contribution in [2.24, 2.45) is 0 Å². The van der Waals surface area contributed by atoms with E-state index in [9.17, 15) is 5.26 Å². The predicted molar refractivity (Wildman–Crippen MR) is 108 cm³/mol. The third-order valence-electron chi connectivity index (χ3n) is 4.09. The topological polar surface area (TPSA) is 45.0 Å². The third kappa shape index (κ3) is 4.68. The maximum atomic E-state index is 9.50. The first-order valence-corrected chi connectivity index (χ1v) is 8.47. The molecule has 0 radical (unpaired) electrons. The van der Waals surface area contributed by atoms with Crippen molar-refractivity contribution in [2.45, 2.75) is 26.2 Å². The first kappa shape index (κ1) is 19.2. The second-order valence-corrected chi connectivity index (χ2v) is 6.93. The largest absolute Gasteiger partial charge is 0.497 e. The van der Waals surface area contributed by atoms with Crippen LogP contribution in [0.15, 0.2) is 48.5 Å². The van der Waals surface area contributed by atoms with Crippen molar-refractivity contribution in [3.05, 3.63) is 65.2 Å². The minimum Gasteiger partial charge on any atom is -0.497 e. The summed E-state index contributed by atoms with van der Waals surface area (Å²) in [7, 11) is 3.43. The normalized spacial score (nSPS) is 11.2. The van der Waals surface area contributed by atoms with E-state index >= 15 is 0 Å². The van der Waals surface area contributed by atoms with E-state index in [1.165, 1.54) is 5.56 Å². The molecule has 3 nitrogen and oxygen atoms in total. The smallest absolute Gasteiger partial charge is 0.120 e. The predicted octanol–water partition coefficient (Wildman–Crippen LogP) is 4.99. The van der Waals surface area contributed by atoms with E-state index < -0.39 is 0 Å². The number of nitriles is 1. The summed E-state index contributed by atoms with van der Waals surface area (Å²) in [5, 5.41) is 12.6. The molecule has 0 aliphatic rings. The highest BCUT2D eigenvalue weighted by Crippen LogP contribution is 2.27. The molecule has 0 saturated heterocycles.